The molecule has 0 aromatic heterocycles. The van der Waals surface area contributed by atoms with Gasteiger partial charge in [0.05, 0.1) is 12.8 Å². The summed E-state index contributed by atoms with van der Waals surface area (Å²) in [6.45, 7) is 1.69. The Balaban J connectivity index is 2.09. The van der Waals surface area contributed by atoms with E-state index in [4.69, 9.17) is 9.84 Å². The topological polar surface area (TPSA) is 117 Å². The number of amides is 2. The molecule has 0 fully saturated rings. The Morgan fingerprint density at radius 3 is 2.16 bits per heavy atom. The van der Waals surface area contributed by atoms with Crippen LogP contribution < -0.4 is 15.5 Å². The van der Waals surface area contributed by atoms with Crippen LogP contribution in [-0.4, -0.2) is 42.3 Å². The average molecular weight is 434 g/mol. The smallest absolute Gasteiger partial charge is 0.341 e. The molecule has 0 saturated heterocycles. The Morgan fingerprint density at radius 1 is 0.935 bits per heavy atom. The van der Waals surface area contributed by atoms with E-state index in [1.807, 2.05) is 0 Å². The van der Waals surface area contributed by atoms with Crippen LogP contribution in [-0.2, 0) is 14.4 Å². The quantitative estimate of drug-likeness (QED) is 0.197. The molecule has 172 valence electrons. The maximum atomic E-state index is 11.8. The summed E-state index contributed by atoms with van der Waals surface area (Å²) < 4.78 is 5.03. The van der Waals surface area contributed by atoms with Crippen molar-refractivity contribution < 1.29 is 24.2 Å². The molecule has 0 radical (unpaired) electrons. The Bertz CT molecular complexity index is 689. The van der Waals surface area contributed by atoms with E-state index in [1.165, 1.54) is 44.7 Å². The fourth-order valence-corrected chi connectivity index (χ4v) is 2.88. The number of hydrogen-bond acceptors (Lipinski definition) is 5. The van der Waals surface area contributed by atoms with Crippen LogP contribution >= 0.6 is 0 Å². The third-order valence-corrected chi connectivity index (χ3v) is 4.60. The van der Waals surface area contributed by atoms with E-state index in [0.29, 0.717) is 17.7 Å². The summed E-state index contributed by atoms with van der Waals surface area (Å²) in [5.41, 5.74) is 3.06. The maximum Gasteiger partial charge on any atom is 0.341 e. The largest absolute Gasteiger partial charge is 0.482 e. The number of unbranched alkanes of at least 4 members (excludes halogenated alkanes) is 8. The van der Waals surface area contributed by atoms with Crippen molar-refractivity contribution in [2.45, 2.75) is 71.1 Å². The first kappa shape index (κ1) is 26.1. The second kappa shape index (κ2) is 16.8. The maximum absolute atomic E-state index is 11.8. The molecule has 0 aliphatic carbocycles. The Hall–Kier alpha value is -2.90. The molecule has 8 heteroatoms. The third kappa shape index (κ3) is 14.7. The van der Waals surface area contributed by atoms with E-state index >= 15 is 0 Å². The van der Waals surface area contributed by atoms with Crippen molar-refractivity contribution in [3.8, 4) is 5.75 Å². The van der Waals surface area contributed by atoms with Crippen LogP contribution in [0.1, 0.15) is 76.7 Å². The van der Waals surface area contributed by atoms with Gasteiger partial charge in [-0.15, -0.1) is 0 Å². The molecule has 0 spiro atoms. The van der Waals surface area contributed by atoms with E-state index < -0.39 is 18.5 Å². The Labute approximate surface area is 184 Å². The molecule has 1 rings (SSSR count). The van der Waals surface area contributed by atoms with Gasteiger partial charge >= 0.3 is 5.97 Å². The molecule has 0 bridgehead atoms. The number of hydrogen-bond donors (Lipinski definition) is 3. The highest BCUT2D eigenvalue weighted by Gasteiger charge is 2.05. The van der Waals surface area contributed by atoms with E-state index in [0.717, 1.165) is 19.3 Å². The van der Waals surface area contributed by atoms with E-state index in [-0.39, 0.29) is 12.5 Å². The monoisotopic (exact) mass is 433 g/mol. The van der Waals surface area contributed by atoms with Gasteiger partial charge in [0.2, 0.25) is 5.91 Å². The summed E-state index contributed by atoms with van der Waals surface area (Å²) in [6.07, 6.45) is 12.6. The van der Waals surface area contributed by atoms with Gasteiger partial charge in [0.15, 0.2) is 6.61 Å². The van der Waals surface area contributed by atoms with Crippen molar-refractivity contribution in [1.29, 1.82) is 0 Å². The van der Waals surface area contributed by atoms with Crippen LogP contribution in [0.15, 0.2) is 29.4 Å². The highest BCUT2D eigenvalue weighted by molar-refractivity contribution is 5.86. The molecular weight excluding hydrogens is 398 g/mol. The minimum Gasteiger partial charge on any atom is -0.482 e. The van der Waals surface area contributed by atoms with Gasteiger partial charge in [0.1, 0.15) is 5.75 Å². The van der Waals surface area contributed by atoms with Crippen molar-refractivity contribution in [1.82, 2.24) is 10.7 Å². The molecule has 0 unspecified atom stereocenters. The van der Waals surface area contributed by atoms with Gasteiger partial charge in [-0.2, -0.15) is 5.10 Å². The van der Waals surface area contributed by atoms with Crippen LogP contribution in [0, 0.1) is 0 Å². The summed E-state index contributed by atoms with van der Waals surface area (Å²) >= 11 is 0. The number of carboxylic acids is 1. The van der Waals surface area contributed by atoms with Crippen LogP contribution in [0.3, 0.4) is 0 Å². The van der Waals surface area contributed by atoms with Gasteiger partial charge in [0, 0.05) is 6.42 Å². The minimum absolute atomic E-state index is 0.116. The zero-order valence-corrected chi connectivity index (χ0v) is 18.4. The number of rotatable bonds is 17. The molecule has 0 aliphatic rings. The van der Waals surface area contributed by atoms with Gasteiger partial charge in [-0.3, -0.25) is 9.59 Å². The predicted octanol–water partition coefficient (Wildman–Crippen LogP) is 3.64. The molecular formula is C23H35N3O5. The first-order chi connectivity index (χ1) is 15.0. The fourth-order valence-electron chi connectivity index (χ4n) is 2.88. The van der Waals surface area contributed by atoms with Gasteiger partial charge in [0.25, 0.3) is 5.91 Å². The molecule has 1 aromatic carbocycles. The van der Waals surface area contributed by atoms with E-state index in [9.17, 15) is 14.4 Å². The number of nitrogens with one attached hydrogen (secondary N) is 2. The summed E-state index contributed by atoms with van der Waals surface area (Å²) in [6, 6.07) is 6.58. The van der Waals surface area contributed by atoms with Crippen LogP contribution in [0.25, 0.3) is 0 Å². The van der Waals surface area contributed by atoms with Crippen molar-refractivity contribution in [2.24, 2.45) is 5.10 Å². The number of hydrazone groups is 1. The van der Waals surface area contributed by atoms with Crippen molar-refractivity contribution in [3.63, 3.8) is 0 Å². The number of aliphatic carboxylic acids is 1. The highest BCUT2D eigenvalue weighted by Crippen LogP contribution is 2.11. The van der Waals surface area contributed by atoms with Crippen LogP contribution in [0.4, 0.5) is 0 Å². The van der Waals surface area contributed by atoms with Crippen LogP contribution in [0.2, 0.25) is 0 Å². The molecule has 1 aromatic rings. The fraction of sp³-hybridized carbons (Fsp3) is 0.565. The molecule has 0 heterocycles. The van der Waals surface area contributed by atoms with Gasteiger partial charge in [-0.05, 0) is 36.2 Å². The zero-order chi connectivity index (χ0) is 22.7. The SMILES string of the molecule is CCCCCCCCCCCC(=O)NCC(=O)N/N=C\c1ccc(OCC(=O)O)cc1. The van der Waals surface area contributed by atoms with Crippen molar-refractivity contribution in [2.75, 3.05) is 13.2 Å². The number of nitrogens with zero attached hydrogens (tertiary/aromatic N) is 1. The summed E-state index contributed by atoms with van der Waals surface area (Å²) in [7, 11) is 0. The summed E-state index contributed by atoms with van der Waals surface area (Å²) in [5.74, 6) is -1.15. The molecule has 0 atom stereocenters. The van der Waals surface area contributed by atoms with Crippen molar-refractivity contribution >= 4 is 24.0 Å². The normalized spacial score (nSPS) is 10.7. The van der Waals surface area contributed by atoms with E-state index in [1.54, 1.807) is 24.3 Å². The van der Waals surface area contributed by atoms with Crippen LogP contribution in [0.5, 0.6) is 5.75 Å². The molecule has 2 amide bonds. The molecule has 8 nitrogen and oxygen atoms in total. The van der Waals surface area contributed by atoms with Crippen molar-refractivity contribution in [3.05, 3.63) is 29.8 Å². The highest BCUT2D eigenvalue weighted by atomic mass is 16.5. The molecule has 0 saturated carbocycles. The van der Waals surface area contributed by atoms with Gasteiger partial charge in [-0.1, -0.05) is 58.3 Å². The Morgan fingerprint density at radius 2 is 1.55 bits per heavy atom. The number of carboxylic acid groups (broad SMARTS) is 1. The standard InChI is InChI=1S/C23H35N3O5/c1-2-3-4-5-6-7-8-9-10-11-21(27)24-17-22(28)26-25-16-19-12-14-20(15-13-19)31-18-23(29)30/h12-16H,2-11,17-18H2,1H3,(H,24,27)(H,26,28)(H,29,30)/b25-16-. The second-order valence-corrected chi connectivity index (χ2v) is 7.40. The summed E-state index contributed by atoms with van der Waals surface area (Å²) in [5, 5.41) is 15.0. The zero-order valence-electron chi connectivity index (χ0n) is 18.4. The lowest BCUT2D eigenvalue weighted by Crippen LogP contribution is -2.34. The Kier molecular flexibility index (Phi) is 14.2. The lowest BCUT2D eigenvalue weighted by molar-refractivity contribution is -0.139. The molecule has 0 aliphatic heterocycles. The van der Waals surface area contributed by atoms with E-state index in [2.05, 4.69) is 22.8 Å². The van der Waals surface area contributed by atoms with Gasteiger partial charge in [-0.25, -0.2) is 10.2 Å². The first-order valence-electron chi connectivity index (χ1n) is 11.0. The first-order valence-corrected chi connectivity index (χ1v) is 11.0. The average Bonchev–Trinajstić information content (AvgIpc) is 2.76. The summed E-state index contributed by atoms with van der Waals surface area (Å²) in [4.78, 5) is 34.0. The third-order valence-electron chi connectivity index (χ3n) is 4.60. The lowest BCUT2D eigenvalue weighted by Gasteiger charge is -2.05. The lowest BCUT2D eigenvalue weighted by atomic mass is 10.1. The molecule has 3 N–H and O–H groups in total. The number of carbonyl (C=O) groups is 3. The predicted molar refractivity (Wildman–Crippen MR) is 120 cm³/mol. The number of benzene rings is 1. The second-order valence-electron chi connectivity index (χ2n) is 7.40. The number of ether oxygens (including phenoxy) is 1. The number of carbonyl (C=O) groups excluding carboxylic acids is 2. The van der Waals surface area contributed by atoms with Gasteiger partial charge < -0.3 is 15.2 Å². The molecule has 31 heavy (non-hydrogen) atoms. The minimum atomic E-state index is -1.05.